The predicted molar refractivity (Wildman–Crippen MR) is 176 cm³/mol. The van der Waals surface area contributed by atoms with E-state index in [1.807, 2.05) is 20.8 Å². The molecule has 0 saturated heterocycles. The number of carboxylic acid groups (broad SMARTS) is 3. The molecule has 0 aromatic heterocycles. The third-order valence-corrected chi connectivity index (χ3v) is 7.05. The van der Waals surface area contributed by atoms with Crippen molar-refractivity contribution in [2.24, 2.45) is 5.92 Å². The Morgan fingerprint density at radius 2 is 1.09 bits per heavy atom. The van der Waals surface area contributed by atoms with Crippen molar-refractivity contribution in [3.05, 3.63) is 0 Å². The van der Waals surface area contributed by atoms with Gasteiger partial charge in [0, 0.05) is 45.3 Å². The third-order valence-electron chi connectivity index (χ3n) is 7.05. The second-order valence-electron chi connectivity index (χ2n) is 11.5. The number of urea groups is 2. The van der Waals surface area contributed by atoms with Crippen LogP contribution in [0.4, 0.5) is 9.59 Å². The molecule has 11 N–H and O–H groups in total. The molecule has 17 nitrogen and oxygen atoms in total. The molecule has 0 aliphatic carbocycles. The first kappa shape index (κ1) is 43.5. The Kier molecular flexibility index (Phi) is 25.5. The molecule has 0 aromatic carbocycles. The van der Waals surface area contributed by atoms with E-state index in [1.165, 1.54) is 0 Å². The molecule has 0 fully saturated rings. The van der Waals surface area contributed by atoms with Crippen molar-refractivity contribution in [3.63, 3.8) is 0 Å². The van der Waals surface area contributed by atoms with Gasteiger partial charge in [-0.3, -0.25) is 14.9 Å². The molecule has 0 aliphatic rings. The number of unbranched alkanes of at least 4 members (excludes halogenated alkanes) is 4. The van der Waals surface area contributed by atoms with E-state index in [1.54, 1.807) is 0 Å². The lowest BCUT2D eigenvalue weighted by Crippen LogP contribution is -2.50. The summed E-state index contributed by atoms with van der Waals surface area (Å²) in [5.41, 5.74) is 0. The molecule has 272 valence electrons. The van der Waals surface area contributed by atoms with Crippen LogP contribution >= 0.6 is 0 Å². The predicted octanol–water partition coefficient (Wildman–Crippen LogP) is 0.364. The molecule has 17 heteroatoms. The summed E-state index contributed by atoms with van der Waals surface area (Å²) in [5, 5.41) is 49.9. The highest BCUT2D eigenvalue weighted by Crippen LogP contribution is 2.01. The number of hydrogen-bond acceptors (Lipinski definition) is 10. The van der Waals surface area contributed by atoms with Gasteiger partial charge in [-0.2, -0.15) is 0 Å². The van der Waals surface area contributed by atoms with Gasteiger partial charge in [-0.1, -0.05) is 40.0 Å². The number of Topliss-reactive ketones (excluding diaryl/α,β-unsaturated/α-hetero) is 1. The van der Waals surface area contributed by atoms with Crippen LogP contribution in [0.25, 0.3) is 0 Å². The van der Waals surface area contributed by atoms with E-state index < -0.39 is 42.1 Å². The number of aliphatic carboxylic acids is 3. The van der Waals surface area contributed by atoms with Crippen molar-refractivity contribution in [2.75, 3.05) is 46.1 Å². The fourth-order valence-electron chi connectivity index (χ4n) is 4.35. The number of carbonyl (C=O) groups excluding carboxylic acids is 3. The molecule has 0 radical (unpaired) electrons. The SMILES string of the molecule is CCCC(NC(=O)NCCCCCNCNC(CNCNCCCCCNC(=O)NC(CCC(=O)O)C(=O)O)C(=O)C(C)C)C(=O)O. The van der Waals surface area contributed by atoms with E-state index >= 15 is 0 Å². The number of ketones is 1. The minimum absolute atomic E-state index is 0.112. The molecule has 4 amide bonds. The van der Waals surface area contributed by atoms with Crippen LogP contribution in [-0.2, 0) is 19.2 Å². The van der Waals surface area contributed by atoms with Gasteiger partial charge in [0.15, 0.2) is 5.78 Å². The molecule has 0 spiro atoms. The van der Waals surface area contributed by atoms with E-state index in [4.69, 9.17) is 15.3 Å². The van der Waals surface area contributed by atoms with Crippen LogP contribution in [0.5, 0.6) is 0 Å². The highest BCUT2D eigenvalue weighted by Gasteiger charge is 2.21. The van der Waals surface area contributed by atoms with Gasteiger partial charge in [0.05, 0.1) is 6.04 Å². The Morgan fingerprint density at radius 3 is 1.55 bits per heavy atom. The maximum Gasteiger partial charge on any atom is 0.326 e. The molecule has 0 saturated carbocycles. The Bertz CT molecular complexity index is 939. The maximum atomic E-state index is 12.6. The average molecular weight is 675 g/mol. The summed E-state index contributed by atoms with van der Waals surface area (Å²) in [6.45, 7) is 9.33. The number of hydrogen-bond donors (Lipinski definition) is 11. The van der Waals surface area contributed by atoms with E-state index in [0.717, 1.165) is 45.2 Å². The molecule has 3 atom stereocenters. The van der Waals surface area contributed by atoms with E-state index in [-0.39, 0.29) is 30.6 Å². The van der Waals surface area contributed by atoms with Gasteiger partial charge in [-0.25, -0.2) is 19.2 Å². The minimum atomic E-state index is -1.28. The Morgan fingerprint density at radius 1 is 0.596 bits per heavy atom. The average Bonchev–Trinajstić information content (AvgIpc) is 3.01. The highest BCUT2D eigenvalue weighted by atomic mass is 16.4. The van der Waals surface area contributed by atoms with Crippen molar-refractivity contribution >= 4 is 35.8 Å². The quantitative estimate of drug-likeness (QED) is 0.0364. The summed E-state index contributed by atoms with van der Waals surface area (Å²) in [6.07, 6.45) is 5.39. The summed E-state index contributed by atoms with van der Waals surface area (Å²) in [7, 11) is 0. The van der Waals surface area contributed by atoms with Gasteiger partial charge in [0.2, 0.25) is 0 Å². The number of rotatable bonds is 30. The zero-order valence-corrected chi connectivity index (χ0v) is 28.1. The van der Waals surface area contributed by atoms with Crippen molar-refractivity contribution in [3.8, 4) is 0 Å². The van der Waals surface area contributed by atoms with Gasteiger partial charge >= 0.3 is 30.0 Å². The molecule has 0 rings (SSSR count). The molecule has 0 aromatic rings. The molecule has 0 heterocycles. The lowest BCUT2D eigenvalue weighted by Gasteiger charge is -2.21. The van der Waals surface area contributed by atoms with Crippen LogP contribution in [0, 0.1) is 5.92 Å². The number of carboxylic acids is 3. The van der Waals surface area contributed by atoms with Crippen molar-refractivity contribution in [2.45, 2.75) is 103 Å². The topological polar surface area (TPSA) is 259 Å². The highest BCUT2D eigenvalue weighted by molar-refractivity contribution is 5.86. The monoisotopic (exact) mass is 674 g/mol. The standard InChI is InChI=1S/C30H58N8O9/c1-4-11-22(27(42)43)37-29(46)34-16-10-6-8-15-32-20-36-24(26(41)21(2)3)18-33-19-31-14-7-5-9-17-35-30(47)38-23(28(44)45)12-13-25(39)40/h21-24,31-33,36H,4-20H2,1-3H3,(H,39,40)(H,42,43)(H,44,45)(H2,34,37,46)(H2,35,38,47). The Labute approximate surface area is 277 Å². The van der Waals surface area contributed by atoms with Crippen molar-refractivity contribution < 1.29 is 44.1 Å². The normalized spacial score (nSPS) is 12.9. The fourth-order valence-corrected chi connectivity index (χ4v) is 4.35. The fraction of sp³-hybridized carbons (Fsp3) is 0.800. The smallest absolute Gasteiger partial charge is 0.326 e. The summed E-state index contributed by atoms with van der Waals surface area (Å²) >= 11 is 0. The second-order valence-corrected chi connectivity index (χ2v) is 11.5. The molecule has 47 heavy (non-hydrogen) atoms. The molecule has 0 aliphatic heterocycles. The van der Waals surface area contributed by atoms with E-state index in [0.29, 0.717) is 52.2 Å². The first-order valence-corrected chi connectivity index (χ1v) is 16.5. The van der Waals surface area contributed by atoms with Gasteiger partial charge in [-0.05, 0) is 51.6 Å². The zero-order chi connectivity index (χ0) is 35.5. The van der Waals surface area contributed by atoms with Crippen LogP contribution in [-0.4, -0.2) is 115 Å². The van der Waals surface area contributed by atoms with Crippen molar-refractivity contribution in [1.82, 2.24) is 42.5 Å². The summed E-state index contributed by atoms with van der Waals surface area (Å²) in [5.74, 6) is -3.46. The van der Waals surface area contributed by atoms with Crippen LogP contribution in [0.2, 0.25) is 0 Å². The van der Waals surface area contributed by atoms with Crippen molar-refractivity contribution in [1.29, 1.82) is 0 Å². The zero-order valence-electron chi connectivity index (χ0n) is 28.1. The van der Waals surface area contributed by atoms with Crippen LogP contribution < -0.4 is 42.5 Å². The van der Waals surface area contributed by atoms with Crippen LogP contribution in [0.1, 0.15) is 85.0 Å². The van der Waals surface area contributed by atoms with Gasteiger partial charge in [-0.15, -0.1) is 0 Å². The first-order chi connectivity index (χ1) is 22.4. The summed E-state index contributed by atoms with van der Waals surface area (Å²) in [4.78, 5) is 69.2. The molecular weight excluding hydrogens is 616 g/mol. The Balaban J connectivity index is 3.98. The summed E-state index contributed by atoms with van der Waals surface area (Å²) in [6, 6.07) is -3.61. The second kappa shape index (κ2) is 27.6. The first-order valence-electron chi connectivity index (χ1n) is 16.5. The van der Waals surface area contributed by atoms with Gasteiger partial charge in [0.1, 0.15) is 12.1 Å². The number of amides is 4. The molecular formula is C30H58N8O9. The molecule has 3 unspecified atom stereocenters. The van der Waals surface area contributed by atoms with Gasteiger partial charge in [0.25, 0.3) is 0 Å². The Hall–Kier alpha value is -3.54. The number of carbonyl (C=O) groups is 6. The lowest BCUT2D eigenvalue weighted by molar-refractivity contribution is -0.141. The summed E-state index contributed by atoms with van der Waals surface area (Å²) < 4.78 is 0. The van der Waals surface area contributed by atoms with E-state index in [9.17, 15) is 28.8 Å². The lowest BCUT2D eigenvalue weighted by atomic mass is 10.0. The van der Waals surface area contributed by atoms with E-state index in [2.05, 4.69) is 42.5 Å². The maximum absolute atomic E-state index is 12.6. The van der Waals surface area contributed by atoms with Crippen LogP contribution in [0.15, 0.2) is 0 Å². The largest absolute Gasteiger partial charge is 0.481 e. The number of nitrogens with one attached hydrogen (secondary N) is 8. The minimum Gasteiger partial charge on any atom is -0.481 e. The molecule has 0 bridgehead atoms. The van der Waals surface area contributed by atoms with Crippen LogP contribution in [0.3, 0.4) is 0 Å². The van der Waals surface area contributed by atoms with Gasteiger partial charge < -0.3 is 52.5 Å². The third kappa shape index (κ3) is 24.3.